The molecule has 2 aromatic carbocycles. The van der Waals surface area contributed by atoms with Crippen LogP contribution in [0, 0.1) is 0 Å². The van der Waals surface area contributed by atoms with Gasteiger partial charge in [0.15, 0.2) is 0 Å². The number of benzene rings is 2. The summed E-state index contributed by atoms with van der Waals surface area (Å²) in [6.45, 7) is 5.51. The second kappa shape index (κ2) is 9.02. The molecule has 0 spiro atoms. The molecule has 30 heavy (non-hydrogen) atoms. The SMILES string of the molecule is CC(C)c1ccc(N=c2oc3ccc(Cl)cc3cc2C(=O)NCC2CCCO2)cc1. The fraction of sp³-hybridized carbons (Fsp3) is 0.333. The highest BCUT2D eigenvalue weighted by atomic mass is 35.5. The molecular formula is C24H25ClN2O3. The molecule has 1 unspecified atom stereocenters. The van der Waals surface area contributed by atoms with E-state index in [1.165, 1.54) is 5.56 Å². The molecule has 1 aliphatic heterocycles. The van der Waals surface area contributed by atoms with Crippen molar-refractivity contribution in [2.45, 2.75) is 38.7 Å². The number of carbonyl (C=O) groups is 1. The Hall–Kier alpha value is -2.63. The Morgan fingerprint density at radius 2 is 2.00 bits per heavy atom. The lowest BCUT2D eigenvalue weighted by molar-refractivity contribution is 0.0854. The minimum Gasteiger partial charge on any atom is -0.438 e. The second-order valence-electron chi connectivity index (χ2n) is 7.85. The molecule has 4 rings (SSSR count). The molecular weight excluding hydrogens is 400 g/mol. The van der Waals surface area contributed by atoms with Gasteiger partial charge in [0.05, 0.1) is 11.8 Å². The summed E-state index contributed by atoms with van der Waals surface area (Å²) in [5.74, 6) is 0.196. The molecule has 1 aromatic heterocycles. The van der Waals surface area contributed by atoms with Crippen LogP contribution in [0.4, 0.5) is 5.69 Å². The second-order valence-corrected chi connectivity index (χ2v) is 8.29. The lowest BCUT2D eigenvalue weighted by atomic mass is 10.0. The highest BCUT2D eigenvalue weighted by molar-refractivity contribution is 6.31. The van der Waals surface area contributed by atoms with E-state index < -0.39 is 0 Å². The Kier molecular flexibility index (Phi) is 6.21. The predicted octanol–water partition coefficient (Wildman–Crippen LogP) is 5.35. The maximum atomic E-state index is 13.0. The molecule has 156 valence electrons. The van der Waals surface area contributed by atoms with Crippen LogP contribution in [-0.4, -0.2) is 25.2 Å². The van der Waals surface area contributed by atoms with Gasteiger partial charge in [0.25, 0.3) is 5.91 Å². The van der Waals surface area contributed by atoms with Gasteiger partial charge in [-0.3, -0.25) is 4.79 Å². The number of ether oxygens (including phenoxy) is 1. The molecule has 1 aliphatic rings. The lowest BCUT2D eigenvalue weighted by Crippen LogP contribution is -2.34. The minimum atomic E-state index is -0.242. The summed E-state index contributed by atoms with van der Waals surface area (Å²) >= 11 is 6.13. The van der Waals surface area contributed by atoms with Crippen molar-refractivity contribution in [3.8, 4) is 0 Å². The molecule has 1 amide bonds. The van der Waals surface area contributed by atoms with Gasteiger partial charge in [-0.1, -0.05) is 37.6 Å². The minimum absolute atomic E-state index is 0.0600. The summed E-state index contributed by atoms with van der Waals surface area (Å²) in [6.07, 6.45) is 2.04. The number of nitrogens with one attached hydrogen (secondary N) is 1. The number of nitrogens with zero attached hydrogens (tertiary/aromatic N) is 1. The number of carbonyl (C=O) groups excluding carboxylic acids is 1. The van der Waals surface area contributed by atoms with Crippen LogP contribution >= 0.6 is 11.6 Å². The Balaban J connectivity index is 1.72. The fourth-order valence-corrected chi connectivity index (χ4v) is 3.69. The van der Waals surface area contributed by atoms with Crippen LogP contribution in [-0.2, 0) is 4.74 Å². The Labute approximate surface area is 180 Å². The summed E-state index contributed by atoms with van der Waals surface area (Å²) < 4.78 is 11.6. The van der Waals surface area contributed by atoms with E-state index in [-0.39, 0.29) is 17.6 Å². The first-order valence-electron chi connectivity index (χ1n) is 10.3. The van der Waals surface area contributed by atoms with E-state index in [4.69, 9.17) is 20.8 Å². The smallest absolute Gasteiger partial charge is 0.256 e. The molecule has 1 fully saturated rings. The maximum absolute atomic E-state index is 13.0. The van der Waals surface area contributed by atoms with Crippen molar-refractivity contribution in [1.82, 2.24) is 5.32 Å². The van der Waals surface area contributed by atoms with Crippen molar-refractivity contribution < 1.29 is 13.9 Å². The van der Waals surface area contributed by atoms with Crippen molar-refractivity contribution in [2.75, 3.05) is 13.2 Å². The number of fused-ring (bicyclic) bond motifs is 1. The Morgan fingerprint density at radius 1 is 1.20 bits per heavy atom. The Bertz CT molecular complexity index is 1110. The predicted molar refractivity (Wildman–Crippen MR) is 118 cm³/mol. The van der Waals surface area contributed by atoms with Gasteiger partial charge < -0.3 is 14.5 Å². The van der Waals surface area contributed by atoms with E-state index in [0.29, 0.717) is 28.6 Å². The van der Waals surface area contributed by atoms with Crippen LogP contribution in [0.5, 0.6) is 0 Å². The molecule has 5 nitrogen and oxygen atoms in total. The third-order valence-corrected chi connectivity index (χ3v) is 5.49. The maximum Gasteiger partial charge on any atom is 0.256 e. The van der Waals surface area contributed by atoms with Gasteiger partial charge in [0.2, 0.25) is 5.55 Å². The molecule has 3 aromatic rings. The third kappa shape index (κ3) is 4.74. The normalized spacial score (nSPS) is 17.1. The van der Waals surface area contributed by atoms with E-state index in [1.54, 1.807) is 24.3 Å². The Morgan fingerprint density at radius 3 is 2.70 bits per heavy atom. The average Bonchev–Trinajstić information content (AvgIpc) is 3.26. The zero-order valence-electron chi connectivity index (χ0n) is 17.2. The van der Waals surface area contributed by atoms with Crippen molar-refractivity contribution in [3.05, 3.63) is 70.2 Å². The summed E-state index contributed by atoms with van der Waals surface area (Å²) in [7, 11) is 0. The molecule has 6 heteroatoms. The first-order valence-corrected chi connectivity index (χ1v) is 10.7. The highest BCUT2D eigenvalue weighted by Crippen LogP contribution is 2.21. The van der Waals surface area contributed by atoms with Crippen molar-refractivity contribution in [3.63, 3.8) is 0 Å². The van der Waals surface area contributed by atoms with Crippen LogP contribution in [0.1, 0.15) is 48.5 Å². The summed E-state index contributed by atoms with van der Waals surface area (Å²) in [4.78, 5) is 17.6. The number of hydrogen-bond acceptors (Lipinski definition) is 4. The van der Waals surface area contributed by atoms with Crippen LogP contribution < -0.4 is 10.9 Å². The molecule has 0 aliphatic carbocycles. The number of halogens is 1. The fourth-order valence-electron chi connectivity index (χ4n) is 3.51. The topological polar surface area (TPSA) is 63.8 Å². The molecule has 1 saturated heterocycles. The first-order chi connectivity index (χ1) is 14.5. The van der Waals surface area contributed by atoms with Gasteiger partial charge in [-0.2, -0.15) is 0 Å². The van der Waals surface area contributed by atoms with E-state index >= 15 is 0 Å². The molecule has 0 saturated carbocycles. The molecule has 0 radical (unpaired) electrons. The monoisotopic (exact) mass is 424 g/mol. The average molecular weight is 425 g/mol. The quantitative estimate of drug-likeness (QED) is 0.600. The third-order valence-electron chi connectivity index (χ3n) is 5.26. The van der Waals surface area contributed by atoms with E-state index in [9.17, 15) is 4.79 Å². The van der Waals surface area contributed by atoms with Gasteiger partial charge >= 0.3 is 0 Å². The van der Waals surface area contributed by atoms with Crippen LogP contribution in [0.2, 0.25) is 5.02 Å². The molecule has 0 bridgehead atoms. The van der Waals surface area contributed by atoms with E-state index in [2.05, 4.69) is 24.2 Å². The van der Waals surface area contributed by atoms with Gasteiger partial charge in [0.1, 0.15) is 11.1 Å². The van der Waals surface area contributed by atoms with Crippen molar-refractivity contribution in [2.24, 2.45) is 4.99 Å². The highest BCUT2D eigenvalue weighted by Gasteiger charge is 2.18. The number of amides is 1. The molecule has 1 N–H and O–H groups in total. The van der Waals surface area contributed by atoms with Crippen molar-refractivity contribution in [1.29, 1.82) is 0 Å². The standard InChI is InChI=1S/C24H25ClN2O3/c1-15(2)16-5-8-19(9-6-16)27-24-21(23(28)26-14-20-4-3-11-29-20)13-17-12-18(25)7-10-22(17)30-24/h5-10,12-13,15,20H,3-4,11,14H2,1-2H3,(H,26,28). The molecule has 2 heterocycles. The zero-order valence-corrected chi connectivity index (χ0v) is 17.9. The van der Waals surface area contributed by atoms with E-state index in [1.807, 2.05) is 24.3 Å². The largest absolute Gasteiger partial charge is 0.438 e. The molecule has 1 atom stereocenters. The number of hydrogen-bond donors (Lipinski definition) is 1. The summed E-state index contributed by atoms with van der Waals surface area (Å²) in [6, 6.07) is 15.0. The first kappa shape index (κ1) is 20.6. The zero-order chi connectivity index (χ0) is 21.1. The van der Waals surface area contributed by atoms with Crippen molar-refractivity contribution >= 4 is 34.2 Å². The lowest BCUT2D eigenvalue weighted by Gasteiger charge is -2.11. The van der Waals surface area contributed by atoms with Gasteiger partial charge in [0, 0.05) is 23.6 Å². The van der Waals surface area contributed by atoms with Crippen LogP contribution in [0.15, 0.2) is 57.9 Å². The van der Waals surface area contributed by atoms with Crippen LogP contribution in [0.25, 0.3) is 11.0 Å². The van der Waals surface area contributed by atoms with Crippen LogP contribution in [0.3, 0.4) is 0 Å². The summed E-state index contributed by atoms with van der Waals surface area (Å²) in [5.41, 5.74) is 3.22. The van der Waals surface area contributed by atoms with Gasteiger partial charge in [-0.15, -0.1) is 0 Å². The van der Waals surface area contributed by atoms with Gasteiger partial charge in [-0.05, 0) is 60.7 Å². The van der Waals surface area contributed by atoms with Gasteiger partial charge in [-0.25, -0.2) is 4.99 Å². The van der Waals surface area contributed by atoms with E-state index in [0.717, 1.165) is 30.5 Å². The summed E-state index contributed by atoms with van der Waals surface area (Å²) in [5, 5.41) is 4.28. The number of rotatable bonds is 5.